The zero-order valence-electron chi connectivity index (χ0n) is 12.8. The number of aromatic nitrogens is 1. The summed E-state index contributed by atoms with van der Waals surface area (Å²) in [4.78, 5) is 17.1. The molecule has 0 radical (unpaired) electrons. The Morgan fingerprint density at radius 3 is 2.64 bits per heavy atom. The predicted octanol–water partition coefficient (Wildman–Crippen LogP) is 2.37. The van der Waals surface area contributed by atoms with E-state index in [-0.39, 0.29) is 11.4 Å². The number of amides is 2. The van der Waals surface area contributed by atoms with Crippen molar-refractivity contribution in [2.24, 2.45) is 5.14 Å². The highest BCUT2D eigenvalue weighted by atomic mass is 32.2. The molecule has 0 saturated heterocycles. The smallest absolute Gasteiger partial charge is 0.319 e. The Kier molecular flexibility index (Phi) is 4.83. The minimum Gasteiger partial charge on any atom is -0.443 e. The highest BCUT2D eigenvalue weighted by molar-refractivity contribution is 7.89. The molecular weight excluding hydrogens is 364 g/mol. The molecule has 0 atom stereocenters. The van der Waals surface area contributed by atoms with Crippen LogP contribution in [-0.2, 0) is 16.6 Å². The van der Waals surface area contributed by atoms with Crippen LogP contribution < -0.4 is 15.8 Å². The minimum absolute atomic E-state index is 0.0258. The lowest BCUT2D eigenvalue weighted by Crippen LogP contribution is -2.28. The molecule has 0 fully saturated rings. The molecule has 2 aromatic heterocycles. The quantitative estimate of drug-likeness (QED) is 0.628. The van der Waals surface area contributed by atoms with Crippen LogP contribution in [0.3, 0.4) is 0 Å². The molecule has 130 valence electrons. The van der Waals surface area contributed by atoms with Gasteiger partial charge in [0.25, 0.3) is 0 Å². The Hall–Kier alpha value is -2.69. The third-order valence-electron chi connectivity index (χ3n) is 3.15. The number of anilines is 1. The fourth-order valence-electron chi connectivity index (χ4n) is 1.98. The molecule has 3 aromatic rings. The summed E-state index contributed by atoms with van der Waals surface area (Å²) in [5.41, 5.74) is 1.02. The first kappa shape index (κ1) is 17.1. The number of carbonyl (C=O) groups excluding carboxylic acids is 1. The van der Waals surface area contributed by atoms with Gasteiger partial charge in [-0.05, 0) is 35.7 Å². The van der Waals surface area contributed by atoms with E-state index in [4.69, 9.17) is 9.56 Å². The lowest BCUT2D eigenvalue weighted by atomic mass is 10.3. The number of urea groups is 1. The van der Waals surface area contributed by atoms with Gasteiger partial charge in [0, 0.05) is 5.69 Å². The number of benzene rings is 1. The second kappa shape index (κ2) is 7.05. The summed E-state index contributed by atoms with van der Waals surface area (Å²) in [5.74, 6) is 0.505. The van der Waals surface area contributed by atoms with Crippen LogP contribution in [0.15, 0.2) is 57.4 Å². The average molecular weight is 378 g/mol. The topological polar surface area (TPSA) is 127 Å². The van der Waals surface area contributed by atoms with Crippen molar-refractivity contribution >= 4 is 33.1 Å². The summed E-state index contributed by atoms with van der Waals surface area (Å²) in [5, 5.41) is 12.2. The second-order valence-corrected chi connectivity index (χ2v) is 7.51. The number of sulfonamides is 1. The van der Waals surface area contributed by atoms with E-state index in [1.807, 2.05) is 17.5 Å². The van der Waals surface area contributed by atoms with Crippen LogP contribution >= 0.6 is 11.3 Å². The maximum atomic E-state index is 11.9. The summed E-state index contributed by atoms with van der Waals surface area (Å²) >= 11 is 1.51. The molecule has 25 heavy (non-hydrogen) atoms. The lowest BCUT2D eigenvalue weighted by Gasteiger charge is -2.06. The average Bonchev–Trinajstić information content (AvgIpc) is 3.24. The third kappa shape index (κ3) is 4.44. The monoisotopic (exact) mass is 378 g/mol. The molecule has 0 unspecified atom stereocenters. The molecule has 10 heteroatoms. The molecule has 0 aliphatic heterocycles. The Morgan fingerprint density at radius 2 is 2.00 bits per heavy atom. The summed E-state index contributed by atoms with van der Waals surface area (Å²) in [6.07, 6.45) is 1.48. The number of rotatable bonds is 5. The molecule has 3 rings (SSSR count). The Labute approximate surface area is 147 Å². The standard InChI is InChI=1S/C15H14N4O4S2/c16-25(21,22)12-5-3-10(4-6-12)19-15(20)17-8-11-9-23-14(18-11)13-2-1-7-24-13/h1-7,9H,8H2,(H2,16,21,22)(H2,17,19,20). The molecule has 4 N–H and O–H groups in total. The van der Waals surface area contributed by atoms with E-state index in [0.717, 1.165) is 4.88 Å². The third-order valence-corrected chi connectivity index (χ3v) is 4.94. The van der Waals surface area contributed by atoms with Gasteiger partial charge >= 0.3 is 6.03 Å². The van der Waals surface area contributed by atoms with Crippen molar-refractivity contribution in [2.45, 2.75) is 11.4 Å². The van der Waals surface area contributed by atoms with E-state index in [2.05, 4.69) is 15.6 Å². The van der Waals surface area contributed by atoms with Crippen LogP contribution in [-0.4, -0.2) is 19.4 Å². The Bertz CT molecular complexity index is 963. The number of nitrogens with two attached hydrogens (primary N) is 1. The summed E-state index contributed by atoms with van der Waals surface area (Å²) in [7, 11) is -3.76. The molecule has 2 heterocycles. The normalized spacial score (nSPS) is 11.2. The highest BCUT2D eigenvalue weighted by Crippen LogP contribution is 2.23. The van der Waals surface area contributed by atoms with Gasteiger partial charge in [-0.2, -0.15) is 0 Å². The molecule has 8 nitrogen and oxygen atoms in total. The van der Waals surface area contributed by atoms with Crippen molar-refractivity contribution in [3.8, 4) is 10.8 Å². The molecule has 0 saturated carbocycles. The van der Waals surface area contributed by atoms with E-state index in [1.165, 1.54) is 41.9 Å². The first-order valence-corrected chi connectivity index (χ1v) is 9.50. The Morgan fingerprint density at radius 1 is 1.24 bits per heavy atom. The second-order valence-electron chi connectivity index (χ2n) is 5.00. The number of oxazole rings is 1. The SMILES string of the molecule is NS(=O)(=O)c1ccc(NC(=O)NCc2coc(-c3cccs3)n2)cc1. The molecule has 1 aromatic carbocycles. The van der Waals surface area contributed by atoms with Gasteiger partial charge in [0.15, 0.2) is 0 Å². The van der Waals surface area contributed by atoms with Gasteiger partial charge in [-0.3, -0.25) is 0 Å². The van der Waals surface area contributed by atoms with E-state index in [1.54, 1.807) is 0 Å². The van der Waals surface area contributed by atoms with Crippen LogP contribution in [0, 0.1) is 0 Å². The van der Waals surface area contributed by atoms with Gasteiger partial charge in [0.05, 0.1) is 22.0 Å². The van der Waals surface area contributed by atoms with Crippen LogP contribution in [0.1, 0.15) is 5.69 Å². The van der Waals surface area contributed by atoms with E-state index < -0.39 is 16.1 Å². The number of primary sulfonamides is 1. The largest absolute Gasteiger partial charge is 0.443 e. The number of nitrogens with one attached hydrogen (secondary N) is 2. The molecule has 0 spiro atoms. The fourth-order valence-corrected chi connectivity index (χ4v) is 3.15. The molecular formula is C15H14N4O4S2. The van der Waals surface area contributed by atoms with E-state index >= 15 is 0 Å². The maximum Gasteiger partial charge on any atom is 0.319 e. The van der Waals surface area contributed by atoms with Crippen molar-refractivity contribution in [2.75, 3.05) is 5.32 Å². The number of hydrogen-bond donors (Lipinski definition) is 3. The van der Waals surface area contributed by atoms with Crippen LogP contribution in [0.5, 0.6) is 0 Å². The fraction of sp³-hybridized carbons (Fsp3) is 0.0667. The van der Waals surface area contributed by atoms with Gasteiger partial charge < -0.3 is 15.1 Å². The van der Waals surface area contributed by atoms with Gasteiger partial charge in [-0.15, -0.1) is 11.3 Å². The first-order valence-electron chi connectivity index (χ1n) is 7.08. The minimum atomic E-state index is -3.76. The number of thiophene rings is 1. The number of hydrogen-bond acceptors (Lipinski definition) is 6. The van der Waals surface area contributed by atoms with Gasteiger partial charge in [0.2, 0.25) is 15.9 Å². The zero-order valence-corrected chi connectivity index (χ0v) is 14.4. The lowest BCUT2D eigenvalue weighted by molar-refractivity contribution is 0.251. The summed E-state index contributed by atoms with van der Waals surface area (Å²) < 4.78 is 27.7. The molecule has 0 bridgehead atoms. The highest BCUT2D eigenvalue weighted by Gasteiger charge is 2.10. The summed E-state index contributed by atoms with van der Waals surface area (Å²) in [6.45, 7) is 0.190. The molecule has 2 amide bonds. The zero-order chi connectivity index (χ0) is 17.9. The first-order chi connectivity index (χ1) is 11.9. The van der Waals surface area contributed by atoms with Crippen molar-refractivity contribution in [3.05, 3.63) is 53.7 Å². The van der Waals surface area contributed by atoms with Crippen LogP contribution in [0.4, 0.5) is 10.5 Å². The summed E-state index contributed by atoms with van der Waals surface area (Å²) in [6, 6.07) is 8.87. The maximum absolute atomic E-state index is 11.9. The van der Waals surface area contributed by atoms with Gasteiger partial charge in [-0.1, -0.05) is 6.07 Å². The predicted molar refractivity (Wildman–Crippen MR) is 93.5 cm³/mol. The van der Waals surface area contributed by atoms with Crippen molar-refractivity contribution in [1.29, 1.82) is 0 Å². The van der Waals surface area contributed by atoms with Crippen molar-refractivity contribution in [3.63, 3.8) is 0 Å². The molecule has 0 aliphatic carbocycles. The van der Waals surface area contributed by atoms with Gasteiger partial charge in [0.1, 0.15) is 6.26 Å². The van der Waals surface area contributed by atoms with Crippen LogP contribution in [0.2, 0.25) is 0 Å². The van der Waals surface area contributed by atoms with Crippen molar-refractivity contribution < 1.29 is 17.6 Å². The van der Waals surface area contributed by atoms with Crippen LogP contribution in [0.25, 0.3) is 10.8 Å². The number of carbonyl (C=O) groups is 1. The Balaban J connectivity index is 1.55. The number of nitrogens with zero attached hydrogens (tertiary/aromatic N) is 1. The van der Waals surface area contributed by atoms with E-state index in [0.29, 0.717) is 17.3 Å². The van der Waals surface area contributed by atoms with Crippen molar-refractivity contribution in [1.82, 2.24) is 10.3 Å². The van der Waals surface area contributed by atoms with Gasteiger partial charge in [-0.25, -0.2) is 23.3 Å². The molecule has 0 aliphatic rings. The van der Waals surface area contributed by atoms with E-state index in [9.17, 15) is 13.2 Å².